The summed E-state index contributed by atoms with van der Waals surface area (Å²) in [6.07, 6.45) is -4.85. The second-order valence-corrected chi connectivity index (χ2v) is 5.26. The zero-order valence-corrected chi connectivity index (χ0v) is 13.5. The molecule has 0 aliphatic carbocycles. The minimum Gasteiger partial charge on any atom is -0.452 e. The molecule has 5 nitrogen and oxygen atoms in total. The van der Waals surface area contributed by atoms with Crippen LogP contribution in [-0.2, 0) is 9.53 Å². The van der Waals surface area contributed by atoms with E-state index in [0.717, 1.165) is 30.3 Å². The molecule has 10 heteroatoms. The Hall–Kier alpha value is -2.81. The Labute approximate surface area is 149 Å². The van der Waals surface area contributed by atoms with Crippen LogP contribution in [0.2, 0.25) is 5.02 Å². The fraction of sp³-hybridized carbons (Fsp3) is 0.125. The molecule has 0 radical (unpaired) electrons. The highest BCUT2D eigenvalue weighted by molar-refractivity contribution is 6.30. The molecular formula is C16H10ClF4NO4. The molecule has 1 amide bonds. The lowest BCUT2D eigenvalue weighted by Gasteiger charge is -2.10. The van der Waals surface area contributed by atoms with Crippen molar-refractivity contribution in [3.63, 3.8) is 0 Å². The second kappa shape index (κ2) is 8.05. The number of rotatable bonds is 5. The maximum Gasteiger partial charge on any atom is 0.573 e. The molecule has 138 valence electrons. The number of carbonyl (C=O) groups excluding carboxylic acids is 2. The number of anilines is 1. The van der Waals surface area contributed by atoms with Crippen molar-refractivity contribution in [2.45, 2.75) is 6.36 Å². The Bertz CT molecular complexity index is 809. The SMILES string of the molecule is O=C(COC(=O)c1ccc(OC(F)(F)F)cc1)Nc1cc(Cl)ccc1F. The first-order valence-electron chi connectivity index (χ1n) is 6.92. The summed E-state index contributed by atoms with van der Waals surface area (Å²) in [6.45, 7) is -0.731. The monoisotopic (exact) mass is 391 g/mol. The van der Waals surface area contributed by atoms with Crippen LogP contribution in [-0.4, -0.2) is 24.8 Å². The number of esters is 1. The quantitative estimate of drug-likeness (QED) is 0.613. The zero-order valence-electron chi connectivity index (χ0n) is 12.8. The topological polar surface area (TPSA) is 64.6 Å². The average Bonchev–Trinajstić information content (AvgIpc) is 2.55. The van der Waals surface area contributed by atoms with Gasteiger partial charge >= 0.3 is 12.3 Å². The van der Waals surface area contributed by atoms with Gasteiger partial charge in [0.05, 0.1) is 11.3 Å². The van der Waals surface area contributed by atoms with Crippen LogP contribution < -0.4 is 10.1 Å². The van der Waals surface area contributed by atoms with E-state index in [9.17, 15) is 27.2 Å². The van der Waals surface area contributed by atoms with Gasteiger partial charge in [0.1, 0.15) is 11.6 Å². The molecule has 0 heterocycles. The van der Waals surface area contributed by atoms with Crippen LogP contribution >= 0.6 is 11.6 Å². The Morgan fingerprint density at radius 1 is 1.08 bits per heavy atom. The van der Waals surface area contributed by atoms with Crippen molar-refractivity contribution in [2.75, 3.05) is 11.9 Å². The molecule has 0 spiro atoms. The van der Waals surface area contributed by atoms with Gasteiger partial charge in [-0.2, -0.15) is 0 Å². The smallest absolute Gasteiger partial charge is 0.452 e. The summed E-state index contributed by atoms with van der Waals surface area (Å²) in [5, 5.41) is 2.37. The van der Waals surface area contributed by atoms with Crippen molar-refractivity contribution in [3.8, 4) is 5.75 Å². The van der Waals surface area contributed by atoms with Gasteiger partial charge in [-0.1, -0.05) is 11.6 Å². The summed E-state index contributed by atoms with van der Waals surface area (Å²) in [5.41, 5.74) is -0.284. The van der Waals surface area contributed by atoms with Gasteiger partial charge in [-0.15, -0.1) is 13.2 Å². The van der Waals surface area contributed by atoms with Crippen LogP contribution in [0.5, 0.6) is 5.75 Å². The highest BCUT2D eigenvalue weighted by atomic mass is 35.5. The van der Waals surface area contributed by atoms with Crippen LogP contribution in [0.3, 0.4) is 0 Å². The normalized spacial score (nSPS) is 11.0. The summed E-state index contributed by atoms with van der Waals surface area (Å²) in [5.74, 6) is -3.01. The summed E-state index contributed by atoms with van der Waals surface area (Å²) in [4.78, 5) is 23.4. The van der Waals surface area contributed by atoms with Gasteiger partial charge in [0, 0.05) is 5.02 Å². The first kappa shape index (κ1) is 19.5. The van der Waals surface area contributed by atoms with E-state index in [2.05, 4.69) is 10.1 Å². The number of nitrogens with one attached hydrogen (secondary N) is 1. The van der Waals surface area contributed by atoms with Crippen LogP contribution in [0.1, 0.15) is 10.4 Å². The third-order valence-electron chi connectivity index (χ3n) is 2.86. The van der Waals surface area contributed by atoms with Gasteiger partial charge < -0.3 is 14.8 Å². The first-order chi connectivity index (χ1) is 12.1. The number of amides is 1. The van der Waals surface area contributed by atoms with Crippen molar-refractivity contribution >= 4 is 29.2 Å². The largest absolute Gasteiger partial charge is 0.573 e. The molecule has 2 rings (SSSR count). The lowest BCUT2D eigenvalue weighted by molar-refractivity contribution is -0.274. The van der Waals surface area contributed by atoms with Crippen LogP contribution in [0.25, 0.3) is 0 Å². The Morgan fingerprint density at radius 2 is 1.73 bits per heavy atom. The Morgan fingerprint density at radius 3 is 2.35 bits per heavy atom. The molecular weight excluding hydrogens is 382 g/mol. The van der Waals surface area contributed by atoms with E-state index in [1.165, 1.54) is 12.1 Å². The molecule has 0 saturated carbocycles. The zero-order chi connectivity index (χ0) is 19.3. The van der Waals surface area contributed by atoms with E-state index in [4.69, 9.17) is 16.3 Å². The van der Waals surface area contributed by atoms with E-state index < -0.39 is 36.4 Å². The molecule has 0 aliphatic rings. The van der Waals surface area contributed by atoms with E-state index in [1.807, 2.05) is 0 Å². The minimum atomic E-state index is -4.85. The molecule has 1 N–H and O–H groups in total. The van der Waals surface area contributed by atoms with Gasteiger partial charge in [-0.25, -0.2) is 9.18 Å². The molecule has 2 aromatic rings. The molecule has 0 fully saturated rings. The number of ether oxygens (including phenoxy) is 2. The average molecular weight is 392 g/mol. The van der Waals surface area contributed by atoms with Crippen molar-refractivity contribution in [1.82, 2.24) is 0 Å². The third-order valence-corrected chi connectivity index (χ3v) is 3.10. The van der Waals surface area contributed by atoms with Crippen molar-refractivity contribution in [1.29, 1.82) is 0 Å². The number of hydrogen-bond donors (Lipinski definition) is 1. The number of alkyl halides is 3. The summed E-state index contributed by atoms with van der Waals surface area (Å²) < 4.78 is 58.0. The summed E-state index contributed by atoms with van der Waals surface area (Å²) >= 11 is 5.68. The van der Waals surface area contributed by atoms with Crippen LogP contribution in [0, 0.1) is 5.82 Å². The Balaban J connectivity index is 1.89. The van der Waals surface area contributed by atoms with Gasteiger partial charge in [-0.3, -0.25) is 4.79 Å². The molecule has 26 heavy (non-hydrogen) atoms. The minimum absolute atomic E-state index is 0.0961. The van der Waals surface area contributed by atoms with Crippen molar-refractivity contribution in [2.24, 2.45) is 0 Å². The molecule has 0 aromatic heterocycles. The van der Waals surface area contributed by atoms with Gasteiger partial charge in [0.15, 0.2) is 6.61 Å². The van der Waals surface area contributed by atoms with Crippen molar-refractivity contribution in [3.05, 3.63) is 58.9 Å². The Kier molecular flexibility index (Phi) is 6.04. The molecule has 0 bridgehead atoms. The summed E-state index contributed by atoms with van der Waals surface area (Å²) in [7, 11) is 0. The maximum absolute atomic E-state index is 13.5. The first-order valence-corrected chi connectivity index (χ1v) is 7.30. The summed E-state index contributed by atoms with van der Waals surface area (Å²) in [6, 6.07) is 7.44. The van der Waals surface area contributed by atoms with E-state index in [0.29, 0.717) is 0 Å². The lowest BCUT2D eigenvalue weighted by Crippen LogP contribution is -2.21. The number of carbonyl (C=O) groups is 2. The van der Waals surface area contributed by atoms with Gasteiger partial charge in [0.2, 0.25) is 0 Å². The molecule has 0 atom stereocenters. The van der Waals surface area contributed by atoms with E-state index in [1.54, 1.807) is 0 Å². The highest BCUT2D eigenvalue weighted by Gasteiger charge is 2.31. The van der Waals surface area contributed by atoms with Crippen molar-refractivity contribution < 1.29 is 36.6 Å². The second-order valence-electron chi connectivity index (χ2n) is 4.82. The predicted molar refractivity (Wildman–Crippen MR) is 83.4 cm³/mol. The standard InChI is InChI=1S/C16H10ClF4NO4/c17-10-3-6-12(18)13(7-10)22-14(23)8-25-15(24)9-1-4-11(5-2-9)26-16(19,20)21/h1-7H,8H2,(H,22,23). The predicted octanol–water partition coefficient (Wildman–Crippen LogP) is 4.17. The molecule has 0 unspecified atom stereocenters. The fourth-order valence-electron chi connectivity index (χ4n) is 1.79. The van der Waals surface area contributed by atoms with E-state index >= 15 is 0 Å². The molecule has 0 saturated heterocycles. The lowest BCUT2D eigenvalue weighted by atomic mass is 10.2. The van der Waals surface area contributed by atoms with Gasteiger partial charge in [-0.05, 0) is 42.5 Å². The third kappa shape index (κ3) is 5.92. The maximum atomic E-state index is 13.5. The molecule has 2 aromatic carbocycles. The number of benzene rings is 2. The van der Waals surface area contributed by atoms with Crippen LogP contribution in [0.15, 0.2) is 42.5 Å². The highest BCUT2D eigenvalue weighted by Crippen LogP contribution is 2.23. The van der Waals surface area contributed by atoms with Crippen LogP contribution in [0.4, 0.5) is 23.2 Å². The molecule has 0 aliphatic heterocycles. The van der Waals surface area contributed by atoms with E-state index in [-0.39, 0.29) is 16.3 Å². The fourth-order valence-corrected chi connectivity index (χ4v) is 1.96. The van der Waals surface area contributed by atoms with Gasteiger partial charge in [0.25, 0.3) is 5.91 Å². The number of hydrogen-bond acceptors (Lipinski definition) is 4. The number of halogens is 5.